The van der Waals surface area contributed by atoms with Gasteiger partial charge < -0.3 is 4.90 Å². The van der Waals surface area contributed by atoms with Crippen LogP contribution in [0, 0.1) is 6.92 Å². The zero-order chi connectivity index (χ0) is 38.5. The second-order valence-corrected chi connectivity index (χ2v) is 15.8. The Kier molecular flexibility index (Phi) is 8.46. The minimum absolute atomic E-state index is 0.139. The first-order chi connectivity index (χ1) is 27.9. The van der Waals surface area contributed by atoms with Crippen LogP contribution in [0.2, 0.25) is 0 Å². The normalized spacial score (nSPS) is 11.8. The predicted molar refractivity (Wildman–Crippen MR) is 245 cm³/mol. The Balaban J connectivity index is 1.11. The highest BCUT2D eigenvalue weighted by atomic mass is 15.1. The molecule has 1 nitrogen and oxygen atoms in total. The molecule has 0 fully saturated rings. The summed E-state index contributed by atoms with van der Waals surface area (Å²) >= 11 is 0. The number of benzene rings is 10. The maximum absolute atomic E-state index is 2.41. The lowest BCUT2D eigenvalue weighted by Crippen LogP contribution is -2.20. The zero-order valence-corrected chi connectivity index (χ0v) is 32.6. The number of rotatable bonds is 7. The molecule has 0 radical (unpaired) electrons. The van der Waals surface area contributed by atoms with Crippen molar-refractivity contribution in [2.75, 3.05) is 4.90 Å². The van der Waals surface area contributed by atoms with Crippen molar-refractivity contribution < 1.29 is 0 Å². The summed E-state index contributed by atoms with van der Waals surface area (Å²) in [6.45, 7) is 6.91. The quantitative estimate of drug-likeness (QED) is 0.148. The molecule has 0 saturated carbocycles. The lowest BCUT2D eigenvalue weighted by Gasteiger charge is -2.31. The molecular formula is C56H43N. The molecule has 0 aliphatic heterocycles. The molecule has 0 atom stereocenters. The Morgan fingerprint density at radius 2 is 0.965 bits per heavy atom. The van der Waals surface area contributed by atoms with Gasteiger partial charge in [-0.05, 0) is 125 Å². The van der Waals surface area contributed by atoms with Crippen molar-refractivity contribution in [1.29, 1.82) is 0 Å². The third kappa shape index (κ3) is 6.04. The largest absolute Gasteiger partial charge is 0.310 e. The first kappa shape index (κ1) is 34.5. The van der Waals surface area contributed by atoms with Crippen LogP contribution in [-0.2, 0) is 5.41 Å². The van der Waals surface area contributed by atoms with Crippen molar-refractivity contribution in [3.63, 3.8) is 0 Å². The van der Waals surface area contributed by atoms with Crippen molar-refractivity contribution in [2.24, 2.45) is 0 Å². The second-order valence-electron chi connectivity index (χ2n) is 15.8. The van der Waals surface area contributed by atoms with E-state index in [2.05, 4.69) is 232 Å². The molecule has 0 saturated heterocycles. The summed E-state index contributed by atoms with van der Waals surface area (Å²) in [4.78, 5) is 2.41. The molecule has 0 aromatic heterocycles. The standard InChI is InChI=1S/C56H43N/c1-38-36-47(32-35-54(38)56(2,3)44-19-5-4-6-20-44)57(46-21-11-18-43(37-46)50-24-12-16-39-14-7-9-22-48(39)50)45-30-26-41(27-31-45)51-25-13-17-42-29-33-52-49-23-10-8-15-40(49)28-34-53(52)55(42)51/h4-37H,1-3H3. The number of fused-ring (bicyclic) bond motifs is 6. The van der Waals surface area contributed by atoms with Gasteiger partial charge in [-0.1, -0.05) is 184 Å². The third-order valence-electron chi connectivity index (χ3n) is 12.0. The van der Waals surface area contributed by atoms with Gasteiger partial charge in [-0.2, -0.15) is 0 Å². The summed E-state index contributed by atoms with van der Waals surface area (Å²) < 4.78 is 0. The predicted octanol–water partition coefficient (Wildman–Crippen LogP) is 15.7. The van der Waals surface area contributed by atoms with E-state index >= 15 is 0 Å². The number of hydrogen-bond donors (Lipinski definition) is 0. The van der Waals surface area contributed by atoms with Gasteiger partial charge in [-0.3, -0.25) is 0 Å². The van der Waals surface area contributed by atoms with Crippen LogP contribution in [0.15, 0.2) is 206 Å². The summed E-state index contributed by atoms with van der Waals surface area (Å²) in [5.41, 5.74) is 12.0. The van der Waals surface area contributed by atoms with Gasteiger partial charge in [0.05, 0.1) is 0 Å². The highest BCUT2D eigenvalue weighted by Crippen LogP contribution is 2.43. The molecule has 1 heteroatoms. The van der Waals surface area contributed by atoms with E-state index in [1.54, 1.807) is 0 Å². The van der Waals surface area contributed by atoms with E-state index in [1.165, 1.54) is 82.0 Å². The van der Waals surface area contributed by atoms with E-state index < -0.39 is 0 Å². The second kappa shape index (κ2) is 14.0. The van der Waals surface area contributed by atoms with E-state index in [4.69, 9.17) is 0 Å². The van der Waals surface area contributed by atoms with E-state index in [9.17, 15) is 0 Å². The molecule has 0 aliphatic rings. The van der Waals surface area contributed by atoms with Crippen LogP contribution < -0.4 is 4.90 Å². The highest BCUT2D eigenvalue weighted by molar-refractivity contribution is 6.21. The van der Waals surface area contributed by atoms with Gasteiger partial charge in [-0.25, -0.2) is 0 Å². The minimum atomic E-state index is -0.139. The fourth-order valence-electron chi connectivity index (χ4n) is 9.14. The van der Waals surface area contributed by atoms with Crippen LogP contribution in [-0.4, -0.2) is 0 Å². The Hall–Kier alpha value is -6.96. The number of aryl methyl sites for hydroxylation is 1. The first-order valence-corrected chi connectivity index (χ1v) is 19.9. The molecular weight excluding hydrogens is 687 g/mol. The van der Waals surface area contributed by atoms with Crippen molar-refractivity contribution in [2.45, 2.75) is 26.2 Å². The Bertz CT molecular complexity index is 3090. The van der Waals surface area contributed by atoms with Gasteiger partial charge in [0.25, 0.3) is 0 Å². The average molecular weight is 730 g/mol. The summed E-state index contributed by atoms with van der Waals surface area (Å²) in [7, 11) is 0. The van der Waals surface area contributed by atoms with Crippen molar-refractivity contribution in [3.8, 4) is 22.3 Å². The lowest BCUT2D eigenvalue weighted by molar-refractivity contribution is 0.636. The molecule has 0 spiro atoms. The topological polar surface area (TPSA) is 3.24 Å². The maximum atomic E-state index is 2.41. The number of anilines is 3. The van der Waals surface area contributed by atoms with Crippen LogP contribution in [0.25, 0.3) is 65.3 Å². The van der Waals surface area contributed by atoms with E-state index in [0.717, 1.165) is 17.1 Å². The van der Waals surface area contributed by atoms with Gasteiger partial charge in [0.1, 0.15) is 0 Å². The first-order valence-electron chi connectivity index (χ1n) is 19.9. The van der Waals surface area contributed by atoms with Gasteiger partial charge in [-0.15, -0.1) is 0 Å². The molecule has 10 rings (SSSR count). The van der Waals surface area contributed by atoms with Crippen LogP contribution in [0.1, 0.15) is 30.5 Å². The molecule has 0 N–H and O–H groups in total. The third-order valence-corrected chi connectivity index (χ3v) is 12.0. The van der Waals surface area contributed by atoms with Crippen LogP contribution in [0.5, 0.6) is 0 Å². The van der Waals surface area contributed by atoms with Crippen molar-refractivity contribution in [1.82, 2.24) is 0 Å². The van der Waals surface area contributed by atoms with Crippen LogP contribution >= 0.6 is 0 Å². The summed E-state index contributed by atoms with van der Waals surface area (Å²) in [5, 5.41) is 10.2. The van der Waals surface area contributed by atoms with Gasteiger partial charge >= 0.3 is 0 Å². The van der Waals surface area contributed by atoms with Gasteiger partial charge in [0, 0.05) is 22.5 Å². The summed E-state index contributed by atoms with van der Waals surface area (Å²) in [6, 6.07) is 75.8. The fraction of sp³-hybridized carbons (Fsp3) is 0.0714. The SMILES string of the molecule is Cc1cc(N(c2ccc(-c3cccc4ccc5c6ccccc6ccc5c34)cc2)c2cccc(-c3cccc4ccccc34)c2)ccc1C(C)(C)c1ccccc1. The molecule has 0 heterocycles. The monoisotopic (exact) mass is 729 g/mol. The average Bonchev–Trinajstić information content (AvgIpc) is 3.26. The zero-order valence-electron chi connectivity index (χ0n) is 32.6. The van der Waals surface area contributed by atoms with Gasteiger partial charge in [0.15, 0.2) is 0 Å². The fourth-order valence-corrected chi connectivity index (χ4v) is 9.14. The van der Waals surface area contributed by atoms with E-state index in [-0.39, 0.29) is 5.41 Å². The summed E-state index contributed by atoms with van der Waals surface area (Å²) in [5.74, 6) is 0. The molecule has 10 aromatic carbocycles. The lowest BCUT2D eigenvalue weighted by atomic mass is 9.76. The molecule has 0 aliphatic carbocycles. The molecule has 0 unspecified atom stereocenters. The van der Waals surface area contributed by atoms with Crippen molar-refractivity contribution >= 4 is 60.2 Å². The van der Waals surface area contributed by atoms with E-state index in [1.807, 2.05) is 0 Å². The maximum Gasteiger partial charge on any atom is 0.0467 e. The van der Waals surface area contributed by atoms with Gasteiger partial charge in [0.2, 0.25) is 0 Å². The molecule has 0 bridgehead atoms. The molecule has 272 valence electrons. The number of hydrogen-bond acceptors (Lipinski definition) is 1. The summed E-state index contributed by atoms with van der Waals surface area (Å²) in [6.07, 6.45) is 0. The van der Waals surface area contributed by atoms with E-state index in [0.29, 0.717) is 0 Å². The van der Waals surface area contributed by atoms with Crippen LogP contribution in [0.4, 0.5) is 17.1 Å². The smallest absolute Gasteiger partial charge is 0.0467 e. The van der Waals surface area contributed by atoms with Crippen LogP contribution in [0.3, 0.4) is 0 Å². The highest BCUT2D eigenvalue weighted by Gasteiger charge is 2.26. The van der Waals surface area contributed by atoms with Crippen molar-refractivity contribution in [3.05, 3.63) is 223 Å². The Morgan fingerprint density at radius 3 is 1.75 bits per heavy atom. The Morgan fingerprint density at radius 1 is 0.368 bits per heavy atom. The molecule has 10 aromatic rings. The minimum Gasteiger partial charge on any atom is -0.310 e. The molecule has 0 amide bonds. The molecule has 57 heavy (non-hydrogen) atoms. The number of nitrogens with zero attached hydrogens (tertiary/aromatic N) is 1. The Labute approximate surface area is 335 Å².